The van der Waals surface area contributed by atoms with Gasteiger partial charge >= 0.3 is 0 Å². The average Bonchev–Trinajstić information content (AvgIpc) is 2.42. The van der Waals surface area contributed by atoms with E-state index in [9.17, 15) is 0 Å². The lowest BCUT2D eigenvalue weighted by molar-refractivity contribution is 0.456. The number of aromatic nitrogens is 2. The number of nitrogens with zero attached hydrogens (tertiary/aromatic N) is 2. The summed E-state index contributed by atoms with van der Waals surface area (Å²) in [5.41, 5.74) is 0. The molecule has 0 radical (unpaired) electrons. The highest BCUT2D eigenvalue weighted by Crippen LogP contribution is 2.32. The van der Waals surface area contributed by atoms with E-state index in [0.717, 1.165) is 17.4 Å². The van der Waals surface area contributed by atoms with Crippen LogP contribution >= 0.6 is 31.9 Å². The van der Waals surface area contributed by atoms with Crippen LogP contribution in [0.25, 0.3) is 0 Å². The second-order valence-electron chi connectivity index (χ2n) is 3.81. The minimum absolute atomic E-state index is 0.487. The number of halogens is 2. The summed E-state index contributed by atoms with van der Waals surface area (Å²) in [5, 5.41) is 3.13. The lowest BCUT2D eigenvalue weighted by atomic mass is 10.3. The van der Waals surface area contributed by atoms with Gasteiger partial charge in [0.2, 0.25) is 11.8 Å². The van der Waals surface area contributed by atoms with Crippen molar-refractivity contribution in [3.8, 4) is 11.6 Å². The molecular weight excluding hydrogens is 374 g/mol. The molecule has 0 saturated carbocycles. The SMILES string of the molecule is CCCNc1ncc(Br)c(Oc2ccccc2Br)n1. The molecular formula is C13H13Br2N3O. The Balaban J connectivity index is 2.21. The number of hydrogen-bond donors (Lipinski definition) is 1. The second kappa shape index (κ2) is 6.86. The van der Waals surface area contributed by atoms with Crippen LogP contribution in [0.2, 0.25) is 0 Å². The van der Waals surface area contributed by atoms with Gasteiger partial charge in [-0.1, -0.05) is 19.1 Å². The van der Waals surface area contributed by atoms with Crippen molar-refractivity contribution in [2.45, 2.75) is 13.3 Å². The first-order chi connectivity index (χ1) is 9.20. The van der Waals surface area contributed by atoms with Gasteiger partial charge in [0.25, 0.3) is 0 Å². The smallest absolute Gasteiger partial charge is 0.238 e. The molecule has 0 saturated heterocycles. The lowest BCUT2D eigenvalue weighted by Crippen LogP contribution is -2.05. The Labute approximate surface area is 128 Å². The molecule has 0 atom stereocenters. The maximum absolute atomic E-state index is 5.78. The molecule has 100 valence electrons. The minimum atomic E-state index is 0.487. The molecule has 0 unspecified atom stereocenters. The highest BCUT2D eigenvalue weighted by molar-refractivity contribution is 9.11. The highest BCUT2D eigenvalue weighted by atomic mass is 79.9. The van der Waals surface area contributed by atoms with Crippen molar-refractivity contribution < 1.29 is 4.74 Å². The van der Waals surface area contributed by atoms with E-state index in [0.29, 0.717) is 22.1 Å². The average molecular weight is 387 g/mol. The van der Waals surface area contributed by atoms with Gasteiger partial charge in [0.1, 0.15) is 5.75 Å². The maximum Gasteiger partial charge on any atom is 0.238 e. The molecule has 2 aromatic rings. The fourth-order valence-electron chi connectivity index (χ4n) is 1.38. The third kappa shape index (κ3) is 3.91. The summed E-state index contributed by atoms with van der Waals surface area (Å²) < 4.78 is 7.37. The quantitative estimate of drug-likeness (QED) is 0.814. The molecule has 2 rings (SSSR count). The van der Waals surface area contributed by atoms with E-state index in [1.165, 1.54) is 0 Å². The van der Waals surface area contributed by atoms with Crippen molar-refractivity contribution in [3.05, 3.63) is 39.4 Å². The Bertz CT molecular complexity index is 563. The summed E-state index contributed by atoms with van der Waals surface area (Å²) in [6.45, 7) is 2.92. The number of hydrogen-bond acceptors (Lipinski definition) is 4. The van der Waals surface area contributed by atoms with Gasteiger partial charge in [-0.2, -0.15) is 4.98 Å². The number of rotatable bonds is 5. The van der Waals surface area contributed by atoms with Crippen LogP contribution in [0.5, 0.6) is 11.6 Å². The zero-order valence-electron chi connectivity index (χ0n) is 10.4. The van der Waals surface area contributed by atoms with Gasteiger partial charge in [-0.3, -0.25) is 0 Å². The molecule has 1 heterocycles. The van der Waals surface area contributed by atoms with E-state index in [2.05, 4.69) is 54.1 Å². The molecule has 1 N–H and O–H groups in total. The predicted molar refractivity (Wildman–Crippen MR) is 82.7 cm³/mol. The Morgan fingerprint density at radius 2 is 2.00 bits per heavy atom. The zero-order chi connectivity index (χ0) is 13.7. The van der Waals surface area contributed by atoms with Gasteiger partial charge in [0.05, 0.1) is 15.1 Å². The standard InChI is InChI=1S/C13H13Br2N3O/c1-2-7-16-13-17-8-10(15)12(18-13)19-11-6-4-3-5-9(11)14/h3-6,8H,2,7H2,1H3,(H,16,17,18). The summed E-state index contributed by atoms with van der Waals surface area (Å²) in [4.78, 5) is 8.51. The van der Waals surface area contributed by atoms with Crippen LogP contribution in [0, 0.1) is 0 Å². The molecule has 6 heteroatoms. The monoisotopic (exact) mass is 385 g/mol. The van der Waals surface area contributed by atoms with Crippen LogP contribution in [-0.4, -0.2) is 16.5 Å². The number of nitrogens with one attached hydrogen (secondary N) is 1. The van der Waals surface area contributed by atoms with Crippen molar-refractivity contribution >= 4 is 37.8 Å². The van der Waals surface area contributed by atoms with E-state index < -0.39 is 0 Å². The number of anilines is 1. The number of ether oxygens (including phenoxy) is 1. The van der Waals surface area contributed by atoms with Gasteiger partial charge in [0.15, 0.2) is 0 Å². The van der Waals surface area contributed by atoms with E-state index in [-0.39, 0.29) is 0 Å². The molecule has 0 spiro atoms. The number of benzene rings is 1. The summed E-state index contributed by atoms with van der Waals surface area (Å²) in [6, 6.07) is 7.63. The molecule has 1 aromatic carbocycles. The third-order valence-corrected chi connectivity index (χ3v) is 3.49. The summed E-state index contributed by atoms with van der Waals surface area (Å²) >= 11 is 6.83. The topological polar surface area (TPSA) is 47.0 Å². The normalized spacial score (nSPS) is 10.3. The van der Waals surface area contributed by atoms with Crippen molar-refractivity contribution in [3.63, 3.8) is 0 Å². The van der Waals surface area contributed by atoms with Gasteiger partial charge < -0.3 is 10.1 Å². The molecule has 0 amide bonds. The Morgan fingerprint density at radius 3 is 2.74 bits per heavy atom. The highest BCUT2D eigenvalue weighted by Gasteiger charge is 2.09. The van der Waals surface area contributed by atoms with Crippen molar-refractivity contribution in [2.24, 2.45) is 0 Å². The lowest BCUT2D eigenvalue weighted by Gasteiger charge is -2.10. The van der Waals surface area contributed by atoms with Crippen molar-refractivity contribution in [2.75, 3.05) is 11.9 Å². The molecule has 0 fully saturated rings. The molecule has 0 aliphatic heterocycles. The van der Waals surface area contributed by atoms with Crippen molar-refractivity contribution in [1.82, 2.24) is 9.97 Å². The maximum atomic E-state index is 5.78. The van der Waals surface area contributed by atoms with Crippen LogP contribution in [0.1, 0.15) is 13.3 Å². The number of para-hydroxylation sites is 1. The van der Waals surface area contributed by atoms with E-state index in [4.69, 9.17) is 4.74 Å². The Kier molecular flexibility index (Phi) is 5.15. The van der Waals surface area contributed by atoms with E-state index in [1.54, 1.807) is 6.20 Å². The first-order valence-corrected chi connectivity index (χ1v) is 7.48. The summed E-state index contributed by atoms with van der Waals surface area (Å²) in [6.07, 6.45) is 2.69. The molecule has 19 heavy (non-hydrogen) atoms. The van der Waals surface area contributed by atoms with Gasteiger partial charge in [-0.05, 0) is 50.4 Å². The van der Waals surface area contributed by atoms with Crippen LogP contribution in [0.4, 0.5) is 5.95 Å². The van der Waals surface area contributed by atoms with Crippen LogP contribution in [-0.2, 0) is 0 Å². The van der Waals surface area contributed by atoms with E-state index >= 15 is 0 Å². The fraction of sp³-hybridized carbons (Fsp3) is 0.231. The van der Waals surface area contributed by atoms with Gasteiger partial charge in [0, 0.05) is 6.54 Å². The first-order valence-electron chi connectivity index (χ1n) is 5.89. The summed E-state index contributed by atoms with van der Waals surface area (Å²) in [5.74, 6) is 1.76. The molecule has 0 aliphatic carbocycles. The molecule has 0 bridgehead atoms. The first kappa shape index (κ1) is 14.3. The largest absolute Gasteiger partial charge is 0.437 e. The van der Waals surface area contributed by atoms with Crippen LogP contribution in [0.3, 0.4) is 0 Å². The van der Waals surface area contributed by atoms with Gasteiger partial charge in [-0.25, -0.2) is 4.98 Å². The third-order valence-electron chi connectivity index (χ3n) is 2.29. The zero-order valence-corrected chi connectivity index (χ0v) is 13.5. The Morgan fingerprint density at radius 1 is 1.21 bits per heavy atom. The summed E-state index contributed by atoms with van der Waals surface area (Å²) in [7, 11) is 0. The molecule has 0 aliphatic rings. The second-order valence-corrected chi connectivity index (χ2v) is 5.51. The van der Waals surface area contributed by atoms with E-state index in [1.807, 2.05) is 24.3 Å². The minimum Gasteiger partial charge on any atom is -0.437 e. The predicted octanol–water partition coefficient (Wildman–Crippen LogP) is 4.62. The van der Waals surface area contributed by atoms with Crippen LogP contribution in [0.15, 0.2) is 39.4 Å². The van der Waals surface area contributed by atoms with Crippen LogP contribution < -0.4 is 10.1 Å². The molecule has 1 aromatic heterocycles. The van der Waals surface area contributed by atoms with Crippen molar-refractivity contribution in [1.29, 1.82) is 0 Å². The van der Waals surface area contributed by atoms with Gasteiger partial charge in [-0.15, -0.1) is 0 Å². The Hall–Kier alpha value is -1.14. The fourth-order valence-corrected chi connectivity index (χ4v) is 2.01. The molecule has 4 nitrogen and oxygen atoms in total.